The Morgan fingerprint density at radius 3 is 1.93 bits per heavy atom. The predicted molar refractivity (Wildman–Crippen MR) is 108 cm³/mol. The maximum atomic E-state index is 13.1. The van der Waals surface area contributed by atoms with Crippen LogP contribution in [0.3, 0.4) is 0 Å². The number of carbonyl (C=O) groups is 3. The van der Waals surface area contributed by atoms with Crippen molar-refractivity contribution in [1.29, 1.82) is 0 Å². The Balaban J connectivity index is 2.00. The molecular weight excluding hydrogens is 354 g/mol. The van der Waals surface area contributed by atoms with Gasteiger partial charge in [-0.1, -0.05) is 44.2 Å². The lowest BCUT2D eigenvalue weighted by Gasteiger charge is -2.25. The summed E-state index contributed by atoms with van der Waals surface area (Å²) >= 11 is 0. The van der Waals surface area contributed by atoms with Crippen molar-refractivity contribution < 1.29 is 14.4 Å². The number of nitrogen functional groups attached to an aromatic ring is 2. The number of carbonyl (C=O) groups excluding carboxylic acids is 3. The Bertz CT molecular complexity index is 1020. The van der Waals surface area contributed by atoms with Crippen LogP contribution in [0.15, 0.2) is 30.8 Å². The minimum absolute atomic E-state index is 0.00408. The van der Waals surface area contributed by atoms with Gasteiger partial charge in [-0.15, -0.1) is 0 Å². The van der Waals surface area contributed by atoms with Gasteiger partial charge >= 0.3 is 0 Å². The highest BCUT2D eigenvalue weighted by atomic mass is 16.2. The van der Waals surface area contributed by atoms with Crippen molar-refractivity contribution in [2.75, 3.05) is 11.5 Å². The first-order valence-corrected chi connectivity index (χ1v) is 9.27. The maximum Gasteiger partial charge on any atom is 0.261 e. The van der Waals surface area contributed by atoms with E-state index in [1.807, 2.05) is 13.8 Å². The lowest BCUT2D eigenvalue weighted by atomic mass is 9.80. The molecule has 28 heavy (non-hydrogen) atoms. The number of amides is 1. The SMILES string of the molecule is C=C1c2c(N)c3c(c(N)c2C(=O)N1C(C)CCC)C(=O)c1ccccc1C3=O. The lowest BCUT2D eigenvalue weighted by molar-refractivity contribution is 0.0808. The van der Waals surface area contributed by atoms with Crippen LogP contribution in [-0.2, 0) is 0 Å². The minimum Gasteiger partial charge on any atom is -0.398 e. The normalized spacial score (nSPS) is 16.1. The zero-order valence-corrected chi connectivity index (χ0v) is 15.8. The number of fused-ring (bicyclic) bond motifs is 3. The molecule has 2 aliphatic rings. The first-order valence-electron chi connectivity index (χ1n) is 9.27. The van der Waals surface area contributed by atoms with Gasteiger partial charge in [0.1, 0.15) is 0 Å². The van der Waals surface area contributed by atoms with Gasteiger partial charge in [-0.2, -0.15) is 0 Å². The minimum atomic E-state index is -0.393. The second-order valence-electron chi connectivity index (χ2n) is 7.29. The van der Waals surface area contributed by atoms with Crippen LogP contribution in [0.5, 0.6) is 0 Å². The summed E-state index contributed by atoms with van der Waals surface area (Å²) < 4.78 is 0. The summed E-state index contributed by atoms with van der Waals surface area (Å²) in [5.41, 5.74) is 14.4. The first-order chi connectivity index (χ1) is 13.3. The zero-order chi connectivity index (χ0) is 20.3. The molecule has 4 N–H and O–H groups in total. The van der Waals surface area contributed by atoms with Crippen molar-refractivity contribution in [2.24, 2.45) is 0 Å². The maximum absolute atomic E-state index is 13.1. The number of nitrogens with zero attached hydrogens (tertiary/aromatic N) is 1. The van der Waals surface area contributed by atoms with Gasteiger partial charge in [0.2, 0.25) is 0 Å². The summed E-state index contributed by atoms with van der Waals surface area (Å²) in [4.78, 5) is 40.9. The average molecular weight is 375 g/mol. The molecule has 0 bridgehead atoms. The van der Waals surface area contributed by atoms with E-state index in [4.69, 9.17) is 11.5 Å². The van der Waals surface area contributed by atoms with Crippen molar-refractivity contribution in [1.82, 2.24) is 4.90 Å². The van der Waals surface area contributed by atoms with Crippen LogP contribution >= 0.6 is 0 Å². The summed E-state index contributed by atoms with van der Waals surface area (Å²) in [6.45, 7) is 8.00. The number of ketones is 2. The summed E-state index contributed by atoms with van der Waals surface area (Å²) in [6, 6.07) is 6.45. The van der Waals surface area contributed by atoms with Crippen molar-refractivity contribution in [2.45, 2.75) is 32.7 Å². The second kappa shape index (κ2) is 6.05. The highest BCUT2D eigenvalue weighted by molar-refractivity contribution is 6.34. The largest absolute Gasteiger partial charge is 0.398 e. The topological polar surface area (TPSA) is 106 Å². The Morgan fingerprint density at radius 1 is 0.929 bits per heavy atom. The van der Waals surface area contributed by atoms with Crippen LogP contribution in [0.1, 0.15) is 74.5 Å². The van der Waals surface area contributed by atoms with Crippen LogP contribution in [0, 0.1) is 0 Å². The molecule has 1 aliphatic carbocycles. The van der Waals surface area contributed by atoms with Crippen LogP contribution in [-0.4, -0.2) is 28.4 Å². The third-order valence-electron chi connectivity index (χ3n) is 5.61. The van der Waals surface area contributed by atoms with Gasteiger partial charge < -0.3 is 16.4 Å². The van der Waals surface area contributed by atoms with E-state index in [2.05, 4.69) is 6.58 Å². The highest BCUT2D eigenvalue weighted by Gasteiger charge is 2.43. The van der Waals surface area contributed by atoms with E-state index in [0.29, 0.717) is 11.3 Å². The van der Waals surface area contributed by atoms with Gasteiger partial charge in [0, 0.05) is 28.4 Å². The molecule has 1 unspecified atom stereocenters. The van der Waals surface area contributed by atoms with E-state index >= 15 is 0 Å². The molecule has 1 atom stereocenters. The molecule has 6 nitrogen and oxygen atoms in total. The van der Waals surface area contributed by atoms with E-state index in [-0.39, 0.29) is 56.9 Å². The van der Waals surface area contributed by atoms with Crippen LogP contribution in [0.4, 0.5) is 11.4 Å². The zero-order valence-electron chi connectivity index (χ0n) is 15.8. The Labute approximate surface area is 162 Å². The summed E-state index contributed by atoms with van der Waals surface area (Å²) in [6.07, 6.45) is 1.67. The Morgan fingerprint density at radius 2 is 1.43 bits per heavy atom. The molecule has 0 radical (unpaired) electrons. The summed E-state index contributed by atoms with van der Waals surface area (Å²) in [5.74, 6) is -1.08. The van der Waals surface area contributed by atoms with Gasteiger partial charge in [-0.05, 0) is 13.3 Å². The monoisotopic (exact) mass is 375 g/mol. The van der Waals surface area contributed by atoms with Crippen LogP contribution in [0.2, 0.25) is 0 Å². The van der Waals surface area contributed by atoms with Crippen LogP contribution in [0.25, 0.3) is 5.70 Å². The number of benzene rings is 2. The number of anilines is 2. The lowest BCUT2D eigenvalue weighted by Crippen LogP contribution is -2.32. The quantitative estimate of drug-likeness (QED) is 0.540. The van der Waals surface area contributed by atoms with Crippen LogP contribution < -0.4 is 11.5 Å². The first kappa shape index (κ1) is 18.0. The smallest absolute Gasteiger partial charge is 0.261 e. The van der Waals surface area contributed by atoms with Crippen molar-refractivity contribution in [3.05, 3.63) is 64.2 Å². The molecule has 0 saturated carbocycles. The van der Waals surface area contributed by atoms with E-state index in [1.54, 1.807) is 29.2 Å². The molecule has 4 rings (SSSR count). The summed E-state index contributed by atoms with van der Waals surface area (Å²) in [7, 11) is 0. The molecule has 2 aromatic rings. The number of hydrogen-bond donors (Lipinski definition) is 2. The fourth-order valence-electron chi connectivity index (χ4n) is 4.31. The molecule has 142 valence electrons. The fraction of sp³-hybridized carbons (Fsp3) is 0.227. The van der Waals surface area contributed by atoms with Gasteiger partial charge in [0.15, 0.2) is 11.6 Å². The second-order valence-corrected chi connectivity index (χ2v) is 7.29. The third kappa shape index (κ3) is 2.11. The van der Waals surface area contributed by atoms with Crippen molar-refractivity contribution >= 4 is 34.5 Å². The molecule has 2 aromatic carbocycles. The molecule has 1 aliphatic heterocycles. The molecule has 0 spiro atoms. The molecular formula is C22H21N3O3. The number of rotatable bonds is 3. The van der Waals surface area contributed by atoms with Gasteiger partial charge in [-0.3, -0.25) is 14.4 Å². The van der Waals surface area contributed by atoms with E-state index in [0.717, 1.165) is 12.8 Å². The van der Waals surface area contributed by atoms with Crippen molar-refractivity contribution in [3.8, 4) is 0 Å². The highest BCUT2D eigenvalue weighted by Crippen LogP contribution is 2.46. The van der Waals surface area contributed by atoms with Crippen molar-refractivity contribution in [3.63, 3.8) is 0 Å². The fourth-order valence-corrected chi connectivity index (χ4v) is 4.31. The molecule has 0 fully saturated rings. The third-order valence-corrected chi connectivity index (χ3v) is 5.61. The number of nitrogens with two attached hydrogens (primary N) is 2. The molecule has 1 heterocycles. The van der Waals surface area contributed by atoms with E-state index in [1.165, 1.54) is 0 Å². The number of hydrogen-bond acceptors (Lipinski definition) is 5. The van der Waals surface area contributed by atoms with E-state index in [9.17, 15) is 14.4 Å². The van der Waals surface area contributed by atoms with Gasteiger partial charge in [0.25, 0.3) is 5.91 Å². The molecule has 1 amide bonds. The molecule has 0 saturated heterocycles. The standard InChI is InChI=1S/C22H21N3O3/c1-4-7-10(2)25-11(3)14-17(22(25)28)19(24)16-15(18(14)23)20(26)12-8-5-6-9-13(12)21(16)27/h5-6,8-10H,3-4,7,23-24H2,1-2H3. The predicted octanol–water partition coefficient (Wildman–Crippen LogP) is 3.24. The Hall–Kier alpha value is -3.41. The van der Waals surface area contributed by atoms with Gasteiger partial charge in [0.05, 0.1) is 28.1 Å². The summed E-state index contributed by atoms with van der Waals surface area (Å²) in [5, 5.41) is 0. The average Bonchev–Trinajstić information content (AvgIpc) is 2.94. The van der Waals surface area contributed by atoms with E-state index < -0.39 is 5.78 Å². The molecule has 0 aromatic heterocycles. The Kier molecular flexibility index (Phi) is 3.89. The molecule has 6 heteroatoms. The van der Waals surface area contributed by atoms with Gasteiger partial charge in [-0.25, -0.2) is 0 Å².